The molecule has 0 aliphatic carbocycles. The topological polar surface area (TPSA) is 32.9 Å². The van der Waals surface area contributed by atoms with Gasteiger partial charge in [-0.15, -0.1) is 0 Å². The van der Waals surface area contributed by atoms with E-state index < -0.39 is 0 Å². The van der Waals surface area contributed by atoms with Crippen molar-refractivity contribution < 1.29 is 0 Å². The molecule has 0 amide bonds. The van der Waals surface area contributed by atoms with Gasteiger partial charge in [-0.05, 0) is 37.2 Å². The lowest BCUT2D eigenvalue weighted by Gasteiger charge is -2.23. The first-order valence-corrected chi connectivity index (χ1v) is 5.97. The number of H-pyrrole nitrogens is 1. The minimum Gasteiger partial charge on any atom is -0.326 e. The summed E-state index contributed by atoms with van der Waals surface area (Å²) >= 11 is 0. The Balaban J connectivity index is 2.67. The Kier molecular flexibility index (Phi) is 3.95. The average molecular weight is 221 g/mol. The van der Waals surface area contributed by atoms with Crippen LogP contribution in [0.3, 0.4) is 0 Å². The molecule has 1 N–H and O–H groups in total. The average Bonchev–Trinajstić information content (AvgIpc) is 2.08. The molecule has 1 rings (SSSR count). The molecule has 16 heavy (non-hydrogen) atoms. The first-order chi connectivity index (χ1) is 7.28. The SMILES string of the molecule is Cc1ccc(CC(C)CC(C)(C)C)[nH]c1=O. The van der Waals surface area contributed by atoms with Gasteiger partial charge in [0.2, 0.25) is 0 Å². The zero-order chi connectivity index (χ0) is 12.3. The summed E-state index contributed by atoms with van der Waals surface area (Å²) in [7, 11) is 0. The molecule has 0 aliphatic heterocycles. The molecule has 0 aliphatic rings. The summed E-state index contributed by atoms with van der Waals surface area (Å²) in [6.07, 6.45) is 2.12. The summed E-state index contributed by atoms with van der Waals surface area (Å²) in [5.41, 5.74) is 2.23. The van der Waals surface area contributed by atoms with E-state index in [-0.39, 0.29) is 5.56 Å². The number of rotatable bonds is 3. The van der Waals surface area contributed by atoms with E-state index in [9.17, 15) is 4.79 Å². The molecule has 2 nitrogen and oxygen atoms in total. The highest BCUT2D eigenvalue weighted by molar-refractivity contribution is 5.12. The van der Waals surface area contributed by atoms with Gasteiger partial charge >= 0.3 is 0 Å². The summed E-state index contributed by atoms with van der Waals surface area (Å²) in [5, 5.41) is 0. The highest BCUT2D eigenvalue weighted by atomic mass is 16.1. The second-order valence-corrected chi connectivity index (χ2v) is 6.07. The highest BCUT2D eigenvalue weighted by Crippen LogP contribution is 2.25. The number of hydrogen-bond donors (Lipinski definition) is 1. The van der Waals surface area contributed by atoms with Gasteiger partial charge in [-0.1, -0.05) is 33.8 Å². The summed E-state index contributed by atoms with van der Waals surface area (Å²) < 4.78 is 0. The molecule has 1 heterocycles. The third-order valence-electron chi connectivity index (χ3n) is 2.70. The van der Waals surface area contributed by atoms with Gasteiger partial charge in [-0.3, -0.25) is 4.79 Å². The second kappa shape index (κ2) is 4.86. The zero-order valence-corrected chi connectivity index (χ0v) is 11.1. The maximum absolute atomic E-state index is 11.5. The van der Waals surface area contributed by atoms with Crippen molar-refractivity contribution in [1.29, 1.82) is 0 Å². The van der Waals surface area contributed by atoms with Crippen molar-refractivity contribution in [1.82, 2.24) is 4.98 Å². The van der Waals surface area contributed by atoms with Gasteiger partial charge in [-0.25, -0.2) is 0 Å². The summed E-state index contributed by atoms with van der Waals surface area (Å²) in [5.74, 6) is 0.596. The third-order valence-corrected chi connectivity index (χ3v) is 2.70. The Labute approximate surface area is 98.1 Å². The number of aromatic nitrogens is 1. The zero-order valence-electron chi connectivity index (χ0n) is 11.1. The van der Waals surface area contributed by atoms with E-state index in [4.69, 9.17) is 0 Å². The van der Waals surface area contributed by atoms with Crippen molar-refractivity contribution in [2.24, 2.45) is 11.3 Å². The van der Waals surface area contributed by atoms with Gasteiger partial charge < -0.3 is 4.98 Å². The fraction of sp³-hybridized carbons (Fsp3) is 0.643. The number of hydrogen-bond acceptors (Lipinski definition) is 1. The van der Waals surface area contributed by atoms with Gasteiger partial charge in [0.1, 0.15) is 0 Å². The van der Waals surface area contributed by atoms with Gasteiger partial charge in [0.15, 0.2) is 0 Å². The lowest BCUT2D eigenvalue weighted by atomic mass is 9.83. The van der Waals surface area contributed by atoms with E-state index in [1.165, 1.54) is 6.42 Å². The van der Waals surface area contributed by atoms with Crippen LogP contribution in [0.15, 0.2) is 16.9 Å². The normalized spacial score (nSPS) is 13.8. The summed E-state index contributed by atoms with van der Waals surface area (Å²) in [6, 6.07) is 3.92. The predicted molar refractivity (Wildman–Crippen MR) is 68.7 cm³/mol. The molecule has 0 fully saturated rings. The van der Waals surface area contributed by atoms with E-state index in [1.807, 2.05) is 19.1 Å². The van der Waals surface area contributed by atoms with Crippen molar-refractivity contribution in [3.05, 3.63) is 33.7 Å². The van der Waals surface area contributed by atoms with Crippen molar-refractivity contribution in [3.63, 3.8) is 0 Å². The van der Waals surface area contributed by atoms with E-state index in [1.54, 1.807) is 0 Å². The molecule has 0 spiro atoms. The maximum atomic E-state index is 11.5. The quantitative estimate of drug-likeness (QED) is 0.834. The highest BCUT2D eigenvalue weighted by Gasteiger charge is 2.15. The van der Waals surface area contributed by atoms with Crippen LogP contribution in [-0.2, 0) is 6.42 Å². The van der Waals surface area contributed by atoms with Crippen molar-refractivity contribution >= 4 is 0 Å². The van der Waals surface area contributed by atoms with Crippen LogP contribution in [0.5, 0.6) is 0 Å². The lowest BCUT2D eigenvalue weighted by Crippen LogP contribution is -2.16. The van der Waals surface area contributed by atoms with E-state index in [0.717, 1.165) is 17.7 Å². The third kappa shape index (κ3) is 4.21. The number of pyridine rings is 1. The Morgan fingerprint density at radius 3 is 2.44 bits per heavy atom. The summed E-state index contributed by atoms with van der Waals surface area (Å²) in [6.45, 7) is 10.8. The van der Waals surface area contributed by atoms with E-state index in [0.29, 0.717) is 11.3 Å². The molecule has 0 saturated carbocycles. The van der Waals surface area contributed by atoms with E-state index in [2.05, 4.69) is 32.7 Å². The fourth-order valence-corrected chi connectivity index (χ4v) is 2.20. The standard InChI is InChI=1S/C14H23NO/c1-10(9-14(3,4)5)8-12-7-6-11(2)13(16)15-12/h6-7,10H,8-9H2,1-5H3,(H,15,16). The second-order valence-electron chi connectivity index (χ2n) is 6.07. The predicted octanol–water partition coefficient (Wildman–Crippen LogP) is 3.30. The summed E-state index contributed by atoms with van der Waals surface area (Å²) in [4.78, 5) is 14.4. The van der Waals surface area contributed by atoms with Gasteiger partial charge in [0.05, 0.1) is 0 Å². The van der Waals surface area contributed by atoms with Crippen molar-refractivity contribution in [3.8, 4) is 0 Å². The van der Waals surface area contributed by atoms with Gasteiger partial charge in [0.25, 0.3) is 5.56 Å². The van der Waals surface area contributed by atoms with Crippen LogP contribution in [0.2, 0.25) is 0 Å². The van der Waals surface area contributed by atoms with Gasteiger partial charge in [-0.2, -0.15) is 0 Å². The number of nitrogens with one attached hydrogen (secondary N) is 1. The molecule has 1 aromatic heterocycles. The Morgan fingerprint density at radius 1 is 1.31 bits per heavy atom. The van der Waals surface area contributed by atoms with Crippen molar-refractivity contribution in [2.75, 3.05) is 0 Å². The molecule has 0 radical (unpaired) electrons. The van der Waals surface area contributed by atoms with Gasteiger partial charge in [0, 0.05) is 11.3 Å². The lowest BCUT2D eigenvalue weighted by molar-refractivity contribution is 0.305. The molecule has 0 saturated heterocycles. The number of aromatic amines is 1. The first-order valence-electron chi connectivity index (χ1n) is 5.97. The Hall–Kier alpha value is -1.05. The monoisotopic (exact) mass is 221 g/mol. The van der Waals surface area contributed by atoms with E-state index >= 15 is 0 Å². The molecular weight excluding hydrogens is 198 g/mol. The Bertz CT molecular complexity index is 398. The minimum absolute atomic E-state index is 0.0421. The van der Waals surface area contributed by atoms with Crippen LogP contribution in [0, 0.1) is 18.3 Å². The maximum Gasteiger partial charge on any atom is 0.251 e. The molecule has 0 aromatic carbocycles. The molecular formula is C14H23NO. The minimum atomic E-state index is 0.0421. The van der Waals surface area contributed by atoms with Crippen LogP contribution in [0.1, 0.15) is 45.4 Å². The molecule has 1 unspecified atom stereocenters. The molecule has 2 heteroatoms. The fourth-order valence-electron chi connectivity index (χ4n) is 2.20. The van der Waals surface area contributed by atoms with Crippen LogP contribution < -0.4 is 5.56 Å². The van der Waals surface area contributed by atoms with Crippen LogP contribution in [0.4, 0.5) is 0 Å². The van der Waals surface area contributed by atoms with Crippen LogP contribution in [-0.4, -0.2) is 4.98 Å². The smallest absolute Gasteiger partial charge is 0.251 e. The van der Waals surface area contributed by atoms with Crippen LogP contribution >= 0.6 is 0 Å². The van der Waals surface area contributed by atoms with Crippen LogP contribution in [0.25, 0.3) is 0 Å². The largest absolute Gasteiger partial charge is 0.326 e. The number of aryl methyl sites for hydroxylation is 1. The first kappa shape index (κ1) is 13.0. The molecule has 1 aromatic rings. The molecule has 1 atom stereocenters. The molecule has 90 valence electrons. The molecule has 0 bridgehead atoms. The van der Waals surface area contributed by atoms with Crippen molar-refractivity contribution in [2.45, 2.75) is 47.5 Å². The Morgan fingerprint density at radius 2 is 1.94 bits per heavy atom.